The molecule has 1 heterocycles. The first kappa shape index (κ1) is 18.8. The quantitative estimate of drug-likeness (QED) is 0.492. The van der Waals surface area contributed by atoms with Gasteiger partial charge in [-0.25, -0.2) is 9.97 Å². The predicted molar refractivity (Wildman–Crippen MR) is 115 cm³/mol. The van der Waals surface area contributed by atoms with Crippen molar-refractivity contribution in [1.29, 1.82) is 0 Å². The van der Waals surface area contributed by atoms with Crippen molar-refractivity contribution in [2.24, 2.45) is 10.5 Å². The highest BCUT2D eigenvalue weighted by Gasteiger charge is 2.32. The second-order valence-electron chi connectivity index (χ2n) is 7.95. The third-order valence-corrected chi connectivity index (χ3v) is 4.90. The zero-order valence-electron chi connectivity index (χ0n) is 16.4. The van der Waals surface area contributed by atoms with Gasteiger partial charge < -0.3 is 5.11 Å². The number of para-hydroxylation sites is 1. The molecule has 0 atom stereocenters. The van der Waals surface area contributed by atoms with E-state index in [1.807, 2.05) is 68.4 Å². The number of carbonyl (C=O) groups excluding carboxylic acids is 1. The predicted octanol–water partition coefficient (Wildman–Crippen LogP) is 4.90. The Morgan fingerprint density at radius 3 is 2.52 bits per heavy atom. The number of allylic oxidation sites excluding steroid dienone is 2. The van der Waals surface area contributed by atoms with E-state index >= 15 is 0 Å². The summed E-state index contributed by atoms with van der Waals surface area (Å²) in [6, 6.07) is 17.4. The Morgan fingerprint density at radius 1 is 1.03 bits per heavy atom. The second kappa shape index (κ2) is 7.47. The van der Waals surface area contributed by atoms with Crippen molar-refractivity contribution in [3.05, 3.63) is 65.9 Å². The number of rotatable bonds is 4. The molecule has 0 aliphatic heterocycles. The number of fused-ring (bicyclic) bond motifs is 1. The minimum absolute atomic E-state index is 0.0781. The van der Waals surface area contributed by atoms with Crippen molar-refractivity contribution >= 4 is 28.7 Å². The Balaban J connectivity index is 1.67. The van der Waals surface area contributed by atoms with Crippen molar-refractivity contribution in [3.8, 4) is 11.4 Å². The molecule has 0 spiro atoms. The van der Waals surface area contributed by atoms with Crippen molar-refractivity contribution < 1.29 is 9.90 Å². The molecule has 4 rings (SSSR count). The van der Waals surface area contributed by atoms with E-state index in [1.54, 1.807) is 0 Å². The van der Waals surface area contributed by atoms with Gasteiger partial charge in [0.15, 0.2) is 17.4 Å². The fourth-order valence-corrected chi connectivity index (χ4v) is 3.48. The Kier molecular flexibility index (Phi) is 4.84. The van der Waals surface area contributed by atoms with E-state index in [1.165, 1.54) is 6.21 Å². The van der Waals surface area contributed by atoms with Gasteiger partial charge >= 0.3 is 0 Å². The summed E-state index contributed by atoms with van der Waals surface area (Å²) in [6.45, 7) is 3.93. The first-order valence-corrected chi connectivity index (χ1v) is 9.49. The normalized spacial score (nSPS) is 16.6. The summed E-state index contributed by atoms with van der Waals surface area (Å²) in [6.07, 6.45) is 2.22. The number of ketones is 1. The largest absolute Gasteiger partial charge is 0.511 e. The molecule has 1 aliphatic rings. The molecule has 146 valence electrons. The molecule has 6 nitrogen and oxygen atoms in total. The number of aromatic nitrogens is 2. The van der Waals surface area contributed by atoms with Crippen molar-refractivity contribution in [2.75, 3.05) is 5.43 Å². The number of nitrogens with zero attached hydrogens (tertiary/aromatic N) is 3. The van der Waals surface area contributed by atoms with Crippen LogP contribution in [0.3, 0.4) is 0 Å². The molecule has 0 saturated heterocycles. The second-order valence-corrected chi connectivity index (χ2v) is 7.95. The fourth-order valence-electron chi connectivity index (χ4n) is 3.48. The summed E-state index contributed by atoms with van der Waals surface area (Å²) in [5.41, 5.74) is 4.63. The van der Waals surface area contributed by atoms with E-state index in [-0.39, 0.29) is 22.5 Å². The van der Waals surface area contributed by atoms with Gasteiger partial charge in [0.2, 0.25) is 0 Å². The molecular formula is C23H22N4O2. The Bertz CT molecular complexity index is 1130. The van der Waals surface area contributed by atoms with Crippen LogP contribution in [0.2, 0.25) is 0 Å². The van der Waals surface area contributed by atoms with Crippen LogP contribution >= 0.6 is 0 Å². The molecule has 3 aromatic rings. The minimum atomic E-state index is -0.237. The number of nitrogens with one attached hydrogen (secondary N) is 1. The molecule has 0 bridgehead atoms. The Labute approximate surface area is 169 Å². The lowest BCUT2D eigenvalue weighted by Crippen LogP contribution is -2.26. The number of benzene rings is 2. The molecule has 1 aliphatic carbocycles. The van der Waals surface area contributed by atoms with Crippen LogP contribution in [-0.4, -0.2) is 27.1 Å². The topological polar surface area (TPSA) is 87.5 Å². The first-order chi connectivity index (χ1) is 13.9. The van der Waals surface area contributed by atoms with Crippen LogP contribution in [-0.2, 0) is 4.79 Å². The lowest BCUT2D eigenvalue weighted by molar-refractivity contribution is -0.117. The maximum atomic E-state index is 12.4. The Hall–Kier alpha value is -3.54. The number of hydrogen-bond acceptors (Lipinski definition) is 6. The summed E-state index contributed by atoms with van der Waals surface area (Å²) in [7, 11) is 0. The van der Waals surface area contributed by atoms with Gasteiger partial charge in [0.25, 0.3) is 0 Å². The highest BCUT2D eigenvalue weighted by Crippen LogP contribution is 2.35. The fraction of sp³-hybridized carbons (Fsp3) is 0.217. The van der Waals surface area contributed by atoms with Crippen LogP contribution < -0.4 is 5.43 Å². The highest BCUT2D eigenvalue weighted by molar-refractivity contribution is 6.14. The third-order valence-electron chi connectivity index (χ3n) is 4.90. The summed E-state index contributed by atoms with van der Waals surface area (Å²) < 4.78 is 0. The minimum Gasteiger partial charge on any atom is -0.511 e. The summed E-state index contributed by atoms with van der Waals surface area (Å²) in [5, 5.41) is 15.3. The van der Waals surface area contributed by atoms with Crippen LogP contribution in [0.5, 0.6) is 0 Å². The van der Waals surface area contributed by atoms with Gasteiger partial charge in [-0.05, 0) is 17.5 Å². The lowest BCUT2D eigenvalue weighted by Gasteiger charge is -2.28. The van der Waals surface area contributed by atoms with E-state index < -0.39 is 0 Å². The molecule has 0 radical (unpaired) electrons. The van der Waals surface area contributed by atoms with E-state index in [0.29, 0.717) is 24.5 Å². The Morgan fingerprint density at radius 2 is 1.76 bits per heavy atom. The van der Waals surface area contributed by atoms with E-state index in [9.17, 15) is 9.90 Å². The average Bonchev–Trinajstić information content (AvgIpc) is 2.69. The molecule has 0 fully saturated rings. The first-order valence-electron chi connectivity index (χ1n) is 9.49. The molecule has 1 aromatic heterocycles. The molecule has 0 unspecified atom stereocenters. The highest BCUT2D eigenvalue weighted by atomic mass is 16.3. The number of hydrogen-bond donors (Lipinski definition) is 2. The van der Waals surface area contributed by atoms with Gasteiger partial charge in [0.05, 0.1) is 17.3 Å². The molecule has 2 N–H and O–H groups in total. The molecule has 0 saturated carbocycles. The maximum Gasteiger partial charge on any atom is 0.168 e. The number of carbonyl (C=O) groups is 1. The lowest BCUT2D eigenvalue weighted by atomic mass is 9.77. The third kappa shape index (κ3) is 4.01. The monoisotopic (exact) mass is 386 g/mol. The summed E-state index contributed by atoms with van der Waals surface area (Å²) in [5.74, 6) is 1.09. The van der Waals surface area contributed by atoms with Crippen molar-refractivity contribution in [3.63, 3.8) is 0 Å². The summed E-state index contributed by atoms with van der Waals surface area (Å²) >= 11 is 0. The van der Waals surface area contributed by atoms with E-state index in [2.05, 4.69) is 20.5 Å². The van der Waals surface area contributed by atoms with Crippen LogP contribution in [0.1, 0.15) is 26.7 Å². The number of hydrazone groups is 1. The molecule has 6 heteroatoms. The van der Waals surface area contributed by atoms with Gasteiger partial charge in [-0.2, -0.15) is 5.10 Å². The van der Waals surface area contributed by atoms with Gasteiger partial charge in [-0.3, -0.25) is 10.2 Å². The van der Waals surface area contributed by atoms with Crippen LogP contribution in [0.4, 0.5) is 5.82 Å². The number of aliphatic hydroxyl groups excluding tert-OH is 1. The van der Waals surface area contributed by atoms with Crippen molar-refractivity contribution in [2.45, 2.75) is 26.7 Å². The molecule has 2 aromatic carbocycles. The van der Waals surface area contributed by atoms with Gasteiger partial charge in [-0.1, -0.05) is 56.3 Å². The van der Waals surface area contributed by atoms with Crippen LogP contribution in [0, 0.1) is 5.41 Å². The van der Waals surface area contributed by atoms with Gasteiger partial charge in [0, 0.05) is 23.8 Å². The van der Waals surface area contributed by atoms with E-state index in [0.717, 1.165) is 16.5 Å². The number of aliphatic hydroxyl groups is 1. The molecular weight excluding hydrogens is 364 g/mol. The number of anilines is 1. The smallest absolute Gasteiger partial charge is 0.168 e. The van der Waals surface area contributed by atoms with Gasteiger partial charge in [-0.15, -0.1) is 0 Å². The summed E-state index contributed by atoms with van der Waals surface area (Å²) in [4.78, 5) is 21.6. The average molecular weight is 386 g/mol. The standard InChI is InChI=1S/C23H22N4O2/c1-23(2)12-19(28)17(20(29)13-23)14-24-27-22-16-10-6-7-11-18(16)25-21(26-22)15-8-4-3-5-9-15/h3-11,14,28H,12-13H2,1-2H3,(H,25,26,27). The number of Topliss-reactive ketones (excluding diaryl/α,β-unsaturated/α-hetero) is 1. The SMILES string of the molecule is CC1(C)CC(=O)C(C=NNc2nc(-c3ccccc3)nc3ccccc23)=C(O)C1. The van der Waals surface area contributed by atoms with Gasteiger partial charge in [0.1, 0.15) is 5.76 Å². The van der Waals surface area contributed by atoms with Crippen molar-refractivity contribution in [1.82, 2.24) is 9.97 Å². The zero-order chi connectivity index (χ0) is 20.4. The van der Waals surface area contributed by atoms with Crippen LogP contribution in [0.25, 0.3) is 22.3 Å². The molecule has 29 heavy (non-hydrogen) atoms. The zero-order valence-corrected chi connectivity index (χ0v) is 16.4. The maximum absolute atomic E-state index is 12.4. The van der Waals surface area contributed by atoms with E-state index in [4.69, 9.17) is 0 Å². The molecule has 0 amide bonds. The van der Waals surface area contributed by atoms with Crippen LogP contribution in [0.15, 0.2) is 71.0 Å².